The number of hydrogen-bond acceptors (Lipinski definition) is 3. The normalized spacial score (nSPS) is 12.6. The van der Waals surface area contributed by atoms with Crippen LogP contribution in [0.3, 0.4) is 0 Å². The summed E-state index contributed by atoms with van der Waals surface area (Å²) in [6, 6.07) is 6.77. The van der Waals surface area contributed by atoms with Crippen molar-refractivity contribution in [2.45, 2.75) is 33.2 Å². The van der Waals surface area contributed by atoms with Crippen LogP contribution in [0.1, 0.15) is 23.6 Å². The molecule has 0 heterocycles. The lowest BCUT2D eigenvalue weighted by Crippen LogP contribution is -2.18. The van der Waals surface area contributed by atoms with E-state index in [1.165, 1.54) is 16.7 Å². The summed E-state index contributed by atoms with van der Waals surface area (Å²) >= 11 is 0. The Labute approximate surface area is 102 Å². The van der Waals surface area contributed by atoms with Gasteiger partial charge in [-0.1, -0.05) is 23.8 Å². The molecule has 4 N–H and O–H groups in total. The maximum atomic E-state index is 8.74. The van der Waals surface area contributed by atoms with Gasteiger partial charge in [0.15, 0.2) is 0 Å². The first-order valence-electron chi connectivity index (χ1n) is 5.11. The molecule has 17 heavy (non-hydrogen) atoms. The van der Waals surface area contributed by atoms with E-state index < -0.39 is 10.4 Å². The molecule has 0 bridgehead atoms. The number of benzene rings is 1. The van der Waals surface area contributed by atoms with Crippen LogP contribution in [0.4, 0.5) is 0 Å². The molecule has 5 nitrogen and oxygen atoms in total. The third-order valence-electron chi connectivity index (χ3n) is 2.05. The Balaban J connectivity index is 0.000000437. The Kier molecular flexibility index (Phi) is 6.33. The highest BCUT2D eigenvalue weighted by Gasteiger charge is 2.01. The van der Waals surface area contributed by atoms with E-state index in [4.69, 9.17) is 23.3 Å². The molecule has 0 radical (unpaired) electrons. The van der Waals surface area contributed by atoms with E-state index in [0.717, 1.165) is 6.42 Å². The Morgan fingerprint density at radius 2 is 1.76 bits per heavy atom. The van der Waals surface area contributed by atoms with E-state index >= 15 is 0 Å². The second-order valence-corrected chi connectivity index (χ2v) is 4.95. The lowest BCUT2D eigenvalue weighted by Gasteiger charge is -2.09. The molecule has 1 aromatic carbocycles. The fourth-order valence-corrected chi connectivity index (χ4v) is 1.37. The highest BCUT2D eigenvalue weighted by molar-refractivity contribution is 7.79. The third kappa shape index (κ3) is 9.95. The van der Waals surface area contributed by atoms with Crippen LogP contribution in [-0.4, -0.2) is 23.6 Å². The summed E-state index contributed by atoms with van der Waals surface area (Å²) in [6.45, 7) is 6.29. The molecule has 0 amide bonds. The predicted molar refractivity (Wildman–Crippen MR) is 67.4 cm³/mol. The van der Waals surface area contributed by atoms with Crippen molar-refractivity contribution < 1.29 is 17.5 Å². The zero-order chi connectivity index (χ0) is 13.6. The maximum absolute atomic E-state index is 8.74. The highest BCUT2D eigenvalue weighted by atomic mass is 32.3. The van der Waals surface area contributed by atoms with Crippen molar-refractivity contribution in [2.24, 2.45) is 5.73 Å². The molecule has 0 fully saturated rings. The predicted octanol–water partition coefficient (Wildman–Crippen LogP) is 1.54. The van der Waals surface area contributed by atoms with E-state index in [1.807, 2.05) is 6.92 Å². The standard InChI is InChI=1S/C11H17N.H2O4S/c1-8-4-5-9(2)11(6-8)7-10(3)12;1-5(2,3)4/h4-6,10H,7,12H2,1-3H3;(H2,1,2,3,4). The number of nitrogens with two attached hydrogens (primary N) is 1. The molecule has 0 aliphatic rings. The van der Waals surface area contributed by atoms with Gasteiger partial charge < -0.3 is 5.73 Å². The van der Waals surface area contributed by atoms with Gasteiger partial charge in [0.05, 0.1) is 0 Å². The van der Waals surface area contributed by atoms with Crippen LogP contribution in [0.2, 0.25) is 0 Å². The van der Waals surface area contributed by atoms with Gasteiger partial charge in [-0.2, -0.15) is 8.42 Å². The SMILES string of the molecule is Cc1ccc(C)c(CC(C)N)c1.O=S(=O)(O)O. The van der Waals surface area contributed by atoms with Gasteiger partial charge in [0, 0.05) is 6.04 Å². The summed E-state index contributed by atoms with van der Waals surface area (Å²) in [5.41, 5.74) is 9.78. The van der Waals surface area contributed by atoms with Crippen molar-refractivity contribution in [3.05, 3.63) is 34.9 Å². The molecule has 0 aromatic heterocycles. The van der Waals surface area contributed by atoms with Crippen molar-refractivity contribution in [3.8, 4) is 0 Å². The minimum absolute atomic E-state index is 0.255. The molecule has 0 saturated heterocycles. The van der Waals surface area contributed by atoms with Crippen molar-refractivity contribution >= 4 is 10.4 Å². The van der Waals surface area contributed by atoms with Crippen molar-refractivity contribution in [1.29, 1.82) is 0 Å². The van der Waals surface area contributed by atoms with Crippen LogP contribution in [-0.2, 0) is 16.8 Å². The molecule has 1 aromatic rings. The molecule has 0 saturated carbocycles. The van der Waals surface area contributed by atoms with Gasteiger partial charge in [-0.15, -0.1) is 0 Å². The Morgan fingerprint density at radius 1 is 1.29 bits per heavy atom. The Morgan fingerprint density at radius 3 is 2.18 bits per heavy atom. The number of hydrogen-bond donors (Lipinski definition) is 3. The zero-order valence-electron chi connectivity index (χ0n) is 10.2. The van der Waals surface area contributed by atoms with Gasteiger partial charge in [0.2, 0.25) is 0 Å². The molecular weight excluding hydrogens is 242 g/mol. The van der Waals surface area contributed by atoms with Gasteiger partial charge >= 0.3 is 10.4 Å². The van der Waals surface area contributed by atoms with E-state index in [0.29, 0.717) is 0 Å². The van der Waals surface area contributed by atoms with Crippen LogP contribution in [0, 0.1) is 13.8 Å². The van der Waals surface area contributed by atoms with Crippen LogP contribution >= 0.6 is 0 Å². The van der Waals surface area contributed by atoms with Crippen LogP contribution in [0.25, 0.3) is 0 Å². The average molecular weight is 261 g/mol. The van der Waals surface area contributed by atoms with E-state index in [1.54, 1.807) is 0 Å². The van der Waals surface area contributed by atoms with Gasteiger partial charge in [0.25, 0.3) is 0 Å². The third-order valence-corrected chi connectivity index (χ3v) is 2.05. The van der Waals surface area contributed by atoms with Crippen LogP contribution < -0.4 is 5.73 Å². The maximum Gasteiger partial charge on any atom is 0.394 e. The molecule has 6 heteroatoms. The topological polar surface area (TPSA) is 101 Å². The van der Waals surface area contributed by atoms with Crippen molar-refractivity contribution in [2.75, 3.05) is 0 Å². The summed E-state index contributed by atoms with van der Waals surface area (Å²) in [5, 5.41) is 0. The van der Waals surface area contributed by atoms with E-state index in [-0.39, 0.29) is 6.04 Å². The molecular formula is C11H19NO4S. The molecule has 1 rings (SSSR count). The van der Waals surface area contributed by atoms with E-state index in [2.05, 4.69) is 32.0 Å². The van der Waals surface area contributed by atoms with Crippen LogP contribution in [0.5, 0.6) is 0 Å². The molecule has 0 spiro atoms. The lowest BCUT2D eigenvalue weighted by molar-refractivity contribution is 0.381. The number of aryl methyl sites for hydroxylation is 2. The lowest BCUT2D eigenvalue weighted by atomic mass is 10.0. The first-order valence-corrected chi connectivity index (χ1v) is 6.51. The summed E-state index contributed by atoms with van der Waals surface area (Å²) in [7, 11) is -4.67. The smallest absolute Gasteiger partial charge is 0.328 e. The van der Waals surface area contributed by atoms with E-state index in [9.17, 15) is 0 Å². The van der Waals surface area contributed by atoms with Gasteiger partial charge in [-0.05, 0) is 38.3 Å². The second-order valence-electron chi connectivity index (χ2n) is 4.06. The zero-order valence-corrected chi connectivity index (χ0v) is 11.0. The monoisotopic (exact) mass is 261 g/mol. The molecule has 0 aliphatic carbocycles. The largest absolute Gasteiger partial charge is 0.394 e. The highest BCUT2D eigenvalue weighted by Crippen LogP contribution is 2.11. The fraction of sp³-hybridized carbons (Fsp3) is 0.455. The first kappa shape index (κ1) is 16.1. The first-order chi connectivity index (χ1) is 7.59. The van der Waals surface area contributed by atoms with Gasteiger partial charge in [0.1, 0.15) is 0 Å². The second kappa shape index (κ2) is 6.70. The summed E-state index contributed by atoms with van der Waals surface area (Å²) in [5.74, 6) is 0. The molecule has 1 atom stereocenters. The summed E-state index contributed by atoms with van der Waals surface area (Å²) in [6.07, 6.45) is 0.980. The summed E-state index contributed by atoms with van der Waals surface area (Å²) < 4.78 is 31.6. The minimum Gasteiger partial charge on any atom is -0.328 e. The van der Waals surface area contributed by atoms with Gasteiger partial charge in [-0.25, -0.2) is 0 Å². The fourth-order valence-electron chi connectivity index (χ4n) is 1.37. The Hall–Kier alpha value is -0.950. The van der Waals surface area contributed by atoms with Crippen LogP contribution in [0.15, 0.2) is 18.2 Å². The minimum atomic E-state index is -4.67. The van der Waals surface area contributed by atoms with Gasteiger partial charge in [-0.3, -0.25) is 9.11 Å². The quantitative estimate of drug-likeness (QED) is 0.701. The number of rotatable bonds is 2. The Bertz CT molecular complexity index is 447. The van der Waals surface area contributed by atoms with Crippen molar-refractivity contribution in [3.63, 3.8) is 0 Å². The summed E-state index contributed by atoms with van der Waals surface area (Å²) in [4.78, 5) is 0. The van der Waals surface area contributed by atoms with Crippen molar-refractivity contribution in [1.82, 2.24) is 0 Å². The molecule has 1 unspecified atom stereocenters. The molecule has 98 valence electrons. The molecule has 0 aliphatic heterocycles. The average Bonchev–Trinajstić information content (AvgIpc) is 2.07.